The Morgan fingerprint density at radius 3 is 2.38 bits per heavy atom. The van der Waals surface area contributed by atoms with Crippen molar-refractivity contribution in [2.75, 3.05) is 12.0 Å². The number of carbonyl (C=O) groups is 3. The van der Waals surface area contributed by atoms with E-state index in [1.54, 1.807) is 12.1 Å². The maximum Gasteiger partial charge on any atom is 0.329 e. The van der Waals surface area contributed by atoms with Crippen molar-refractivity contribution in [2.45, 2.75) is 19.0 Å². The van der Waals surface area contributed by atoms with Gasteiger partial charge in [0.05, 0.1) is 30.7 Å². The number of anilines is 1. The minimum absolute atomic E-state index is 0.268. The second-order valence-electron chi connectivity index (χ2n) is 7.70. The van der Waals surface area contributed by atoms with E-state index in [4.69, 9.17) is 4.74 Å². The predicted octanol–water partition coefficient (Wildman–Crippen LogP) is 2.68. The van der Waals surface area contributed by atoms with Crippen LogP contribution in [0.3, 0.4) is 0 Å². The zero-order valence-corrected chi connectivity index (χ0v) is 16.1. The third kappa shape index (κ3) is 2.38. The molecule has 29 heavy (non-hydrogen) atoms. The molecule has 2 amide bonds. The van der Waals surface area contributed by atoms with Crippen molar-refractivity contribution in [1.82, 2.24) is 4.90 Å². The highest BCUT2D eigenvalue weighted by Crippen LogP contribution is 2.53. The molecule has 2 saturated heterocycles. The number of ether oxygens (including phenoxy) is 1. The van der Waals surface area contributed by atoms with E-state index in [0.717, 1.165) is 16.7 Å². The summed E-state index contributed by atoms with van der Waals surface area (Å²) in [7, 11) is 1.31. The summed E-state index contributed by atoms with van der Waals surface area (Å²) in [5.74, 6) is -2.54. The Labute approximate surface area is 168 Å². The van der Waals surface area contributed by atoms with E-state index >= 15 is 0 Å². The monoisotopic (exact) mass is 388 g/mol. The van der Waals surface area contributed by atoms with Crippen LogP contribution in [-0.2, 0) is 19.1 Å². The summed E-state index contributed by atoms with van der Waals surface area (Å²) in [5.41, 5.74) is 3.52. The summed E-state index contributed by atoms with van der Waals surface area (Å²) in [6.07, 6.45) is 3.72. The van der Waals surface area contributed by atoms with Crippen LogP contribution in [-0.4, -0.2) is 35.8 Å². The zero-order chi connectivity index (χ0) is 20.3. The van der Waals surface area contributed by atoms with Gasteiger partial charge in [-0.05, 0) is 36.3 Å². The second-order valence-corrected chi connectivity index (χ2v) is 7.70. The number of fused-ring (bicyclic) bond motifs is 5. The third-order valence-electron chi connectivity index (χ3n) is 6.20. The largest absolute Gasteiger partial charge is 0.467 e. The highest BCUT2D eigenvalue weighted by Gasteiger charge is 2.65. The summed E-state index contributed by atoms with van der Waals surface area (Å²) in [6, 6.07) is 13.8. The van der Waals surface area contributed by atoms with Crippen molar-refractivity contribution in [3.63, 3.8) is 0 Å². The number of hydrogen-bond donors (Lipinski definition) is 0. The molecule has 0 saturated carbocycles. The number of rotatable bonds is 2. The van der Waals surface area contributed by atoms with Crippen LogP contribution in [0.1, 0.15) is 22.7 Å². The molecule has 0 aliphatic carbocycles. The lowest BCUT2D eigenvalue weighted by Crippen LogP contribution is -2.44. The van der Waals surface area contributed by atoms with Crippen LogP contribution < -0.4 is 4.90 Å². The number of benzene rings is 2. The number of hydrogen-bond acceptors (Lipinski definition) is 5. The normalized spacial score (nSPS) is 27.0. The highest BCUT2D eigenvalue weighted by molar-refractivity contribution is 6.23. The minimum Gasteiger partial charge on any atom is -0.467 e. The molecular formula is C23H20N2O4. The summed E-state index contributed by atoms with van der Waals surface area (Å²) >= 11 is 0. The average molecular weight is 388 g/mol. The lowest BCUT2D eigenvalue weighted by atomic mass is 9.84. The van der Waals surface area contributed by atoms with Crippen LogP contribution in [0.25, 0.3) is 6.08 Å². The van der Waals surface area contributed by atoms with E-state index < -0.39 is 23.8 Å². The molecular weight excluding hydrogens is 368 g/mol. The van der Waals surface area contributed by atoms with Gasteiger partial charge >= 0.3 is 5.97 Å². The summed E-state index contributed by atoms with van der Waals surface area (Å²) in [4.78, 5) is 42.7. The maximum atomic E-state index is 13.5. The van der Waals surface area contributed by atoms with Crippen molar-refractivity contribution in [1.29, 1.82) is 0 Å². The Morgan fingerprint density at radius 1 is 0.966 bits per heavy atom. The average Bonchev–Trinajstić information content (AvgIpc) is 3.21. The first-order valence-corrected chi connectivity index (χ1v) is 9.60. The van der Waals surface area contributed by atoms with Gasteiger partial charge in [-0.1, -0.05) is 42.0 Å². The lowest BCUT2D eigenvalue weighted by molar-refractivity contribution is -0.148. The first-order chi connectivity index (χ1) is 14.0. The Balaban J connectivity index is 1.65. The Bertz CT molecular complexity index is 1060. The molecule has 2 aromatic carbocycles. The molecule has 0 radical (unpaired) electrons. The number of methoxy groups -OCH3 is 1. The van der Waals surface area contributed by atoms with Crippen molar-refractivity contribution >= 4 is 29.5 Å². The first kappa shape index (κ1) is 17.7. The van der Waals surface area contributed by atoms with Crippen LogP contribution in [0.4, 0.5) is 5.69 Å². The van der Waals surface area contributed by atoms with Gasteiger partial charge in [-0.3, -0.25) is 9.59 Å². The van der Waals surface area contributed by atoms with Crippen molar-refractivity contribution < 1.29 is 19.1 Å². The topological polar surface area (TPSA) is 66.9 Å². The number of carbonyl (C=O) groups excluding carboxylic acids is 3. The molecule has 0 unspecified atom stereocenters. The van der Waals surface area contributed by atoms with Crippen LogP contribution >= 0.6 is 0 Å². The number of aryl methyl sites for hydroxylation is 1. The Morgan fingerprint density at radius 2 is 1.66 bits per heavy atom. The fourth-order valence-electron chi connectivity index (χ4n) is 4.90. The van der Waals surface area contributed by atoms with Crippen LogP contribution in [0.15, 0.2) is 54.7 Å². The van der Waals surface area contributed by atoms with Crippen LogP contribution in [0.2, 0.25) is 0 Å². The molecule has 3 aliphatic rings. The van der Waals surface area contributed by atoms with Gasteiger partial charge in [0.2, 0.25) is 11.8 Å². The molecule has 5 rings (SSSR count). The number of esters is 1. The second kappa shape index (κ2) is 6.30. The van der Waals surface area contributed by atoms with Crippen molar-refractivity contribution in [3.8, 4) is 0 Å². The molecule has 0 bridgehead atoms. The fourth-order valence-corrected chi connectivity index (χ4v) is 4.90. The van der Waals surface area contributed by atoms with Crippen LogP contribution in [0, 0.1) is 18.8 Å². The SMILES string of the molecule is COC(=O)[C@@H]1[C@H]2C(=O)N(c3ccc(C)cc3)C(=O)[C@H]2[C@@H]2c3ccccc3C=CN12. The summed E-state index contributed by atoms with van der Waals surface area (Å²) < 4.78 is 5.02. The van der Waals surface area contributed by atoms with Gasteiger partial charge < -0.3 is 9.64 Å². The molecule has 0 aromatic heterocycles. The van der Waals surface area contributed by atoms with Gasteiger partial charge in [0.1, 0.15) is 6.04 Å². The molecule has 2 fully saturated rings. The molecule has 2 aromatic rings. The quantitative estimate of drug-likeness (QED) is 0.585. The number of imide groups is 1. The zero-order valence-electron chi connectivity index (χ0n) is 16.1. The van der Waals surface area contributed by atoms with Gasteiger partial charge in [0.15, 0.2) is 0 Å². The highest BCUT2D eigenvalue weighted by atomic mass is 16.5. The Kier molecular flexibility index (Phi) is 3.84. The van der Waals surface area contributed by atoms with E-state index in [2.05, 4.69) is 0 Å². The summed E-state index contributed by atoms with van der Waals surface area (Å²) in [6.45, 7) is 1.95. The van der Waals surface area contributed by atoms with E-state index in [1.165, 1.54) is 12.0 Å². The smallest absolute Gasteiger partial charge is 0.329 e. The molecule has 6 heteroatoms. The number of nitrogens with zero attached hydrogens (tertiary/aromatic N) is 2. The van der Waals surface area contributed by atoms with Gasteiger partial charge in [-0.2, -0.15) is 0 Å². The van der Waals surface area contributed by atoms with Crippen molar-refractivity contribution in [2.24, 2.45) is 11.8 Å². The predicted molar refractivity (Wildman–Crippen MR) is 107 cm³/mol. The Hall–Kier alpha value is -3.41. The maximum absolute atomic E-state index is 13.5. The third-order valence-corrected chi connectivity index (χ3v) is 6.20. The summed E-state index contributed by atoms with van der Waals surface area (Å²) in [5, 5.41) is 0. The van der Waals surface area contributed by atoms with Gasteiger partial charge in [-0.15, -0.1) is 0 Å². The van der Waals surface area contributed by atoms with Crippen molar-refractivity contribution in [3.05, 3.63) is 71.4 Å². The molecule has 146 valence electrons. The number of amides is 2. The van der Waals surface area contributed by atoms with Gasteiger partial charge in [0, 0.05) is 6.20 Å². The molecule has 3 aliphatic heterocycles. The van der Waals surface area contributed by atoms with E-state index in [-0.39, 0.29) is 17.9 Å². The minimum atomic E-state index is -0.827. The molecule has 3 heterocycles. The van der Waals surface area contributed by atoms with E-state index in [0.29, 0.717) is 5.69 Å². The van der Waals surface area contributed by atoms with Gasteiger partial charge in [0.25, 0.3) is 0 Å². The van der Waals surface area contributed by atoms with Crippen LogP contribution in [0.5, 0.6) is 0 Å². The van der Waals surface area contributed by atoms with Gasteiger partial charge in [-0.25, -0.2) is 9.69 Å². The van der Waals surface area contributed by atoms with E-state index in [9.17, 15) is 14.4 Å². The molecule has 4 atom stereocenters. The standard InChI is InChI=1S/C23H20N2O4/c1-13-7-9-15(10-8-13)25-21(26)17-18(22(25)27)20(23(28)29-2)24-12-11-14-5-3-4-6-16(14)19(17)24/h3-12,17-20H,1-2H3/t17-,18+,19+,20+/m1/s1. The molecule has 0 N–H and O–H groups in total. The first-order valence-electron chi connectivity index (χ1n) is 9.60. The molecule has 0 spiro atoms. The lowest BCUT2D eigenvalue weighted by Gasteiger charge is -2.34. The van der Waals surface area contributed by atoms with E-state index in [1.807, 2.05) is 60.5 Å². The fraction of sp³-hybridized carbons (Fsp3) is 0.261. The molecule has 6 nitrogen and oxygen atoms in total.